The number of nitrogens with one attached hydrogen (secondary N) is 1. The van der Waals surface area contributed by atoms with Crippen molar-refractivity contribution in [1.82, 2.24) is 4.98 Å². The summed E-state index contributed by atoms with van der Waals surface area (Å²) in [6, 6.07) is 1.09. The van der Waals surface area contributed by atoms with Gasteiger partial charge in [0.15, 0.2) is 0 Å². The number of hydrogen-bond acceptors (Lipinski definition) is 5. The first-order valence-electron chi connectivity index (χ1n) is 4.12. The van der Waals surface area contributed by atoms with E-state index >= 15 is 0 Å². The second-order valence-electron chi connectivity index (χ2n) is 2.79. The Bertz CT molecular complexity index is 449. The van der Waals surface area contributed by atoms with Gasteiger partial charge in [-0.25, -0.2) is 0 Å². The third-order valence-electron chi connectivity index (χ3n) is 1.62. The normalized spacial score (nSPS) is 9.69. The Hall–Kier alpha value is -1.89. The van der Waals surface area contributed by atoms with Crippen LogP contribution in [0, 0.1) is 10.1 Å². The number of nitrogens with zero attached hydrogens (tertiary/aromatic N) is 2. The van der Waals surface area contributed by atoms with Crippen LogP contribution in [0.2, 0.25) is 5.15 Å². The lowest BCUT2D eigenvalue weighted by Gasteiger charge is -2.07. The van der Waals surface area contributed by atoms with E-state index in [0.717, 1.165) is 6.07 Å². The molecule has 0 unspecified atom stereocenters. The lowest BCUT2D eigenvalue weighted by Crippen LogP contribution is -2.08. The van der Waals surface area contributed by atoms with E-state index in [1.165, 1.54) is 14.0 Å². The number of aromatic nitrogens is 1. The number of rotatable bonds is 3. The fourth-order valence-electron chi connectivity index (χ4n) is 1.03. The number of ether oxygens (including phenoxy) is 1. The summed E-state index contributed by atoms with van der Waals surface area (Å²) in [7, 11) is 1.32. The van der Waals surface area contributed by atoms with E-state index in [-0.39, 0.29) is 16.7 Å². The van der Waals surface area contributed by atoms with Gasteiger partial charge in [0.25, 0.3) is 0 Å². The summed E-state index contributed by atoms with van der Waals surface area (Å²) in [5, 5.41) is 12.6. The van der Waals surface area contributed by atoms with Crippen LogP contribution < -0.4 is 10.1 Å². The number of anilines is 1. The third-order valence-corrected chi connectivity index (χ3v) is 1.90. The number of carbonyl (C=O) groups is 1. The van der Waals surface area contributed by atoms with Crippen molar-refractivity contribution in [1.29, 1.82) is 0 Å². The standard InChI is InChI=1S/C8H8ClN3O4/c1-4(13)10-5-3-6(12(14)15)7(9)11-8(5)16-2/h3H,1-2H3,(H,10,13). The number of methoxy groups -OCH3 is 1. The van der Waals surface area contributed by atoms with Gasteiger partial charge in [-0.15, -0.1) is 0 Å². The minimum absolute atomic E-state index is 0.0193. The lowest BCUT2D eigenvalue weighted by atomic mass is 10.3. The molecule has 1 heterocycles. The molecule has 0 aliphatic carbocycles. The Morgan fingerprint density at radius 3 is 2.75 bits per heavy atom. The van der Waals surface area contributed by atoms with Gasteiger partial charge in [0, 0.05) is 13.0 Å². The van der Waals surface area contributed by atoms with Gasteiger partial charge < -0.3 is 10.1 Å². The molecular formula is C8H8ClN3O4. The highest BCUT2D eigenvalue weighted by Crippen LogP contribution is 2.32. The number of amides is 1. The van der Waals surface area contributed by atoms with Gasteiger partial charge in [-0.2, -0.15) is 4.98 Å². The van der Waals surface area contributed by atoms with Crippen molar-refractivity contribution in [3.05, 3.63) is 21.3 Å². The fourth-order valence-corrected chi connectivity index (χ4v) is 1.23. The van der Waals surface area contributed by atoms with Crippen molar-refractivity contribution in [3.63, 3.8) is 0 Å². The van der Waals surface area contributed by atoms with Crippen LogP contribution in [0.5, 0.6) is 5.88 Å². The Kier molecular flexibility index (Phi) is 3.62. The van der Waals surface area contributed by atoms with Crippen LogP contribution in [0.1, 0.15) is 6.92 Å². The van der Waals surface area contributed by atoms with Crippen molar-refractivity contribution >= 4 is 28.9 Å². The largest absolute Gasteiger partial charge is 0.479 e. The number of pyridine rings is 1. The van der Waals surface area contributed by atoms with Gasteiger partial charge >= 0.3 is 5.69 Å². The molecule has 1 aromatic heterocycles. The molecule has 1 aromatic rings. The molecule has 1 rings (SSSR count). The van der Waals surface area contributed by atoms with E-state index in [4.69, 9.17) is 16.3 Å². The van der Waals surface area contributed by atoms with Gasteiger partial charge in [-0.1, -0.05) is 11.6 Å². The highest BCUT2D eigenvalue weighted by Gasteiger charge is 2.19. The summed E-state index contributed by atoms with van der Waals surface area (Å²) in [6.45, 7) is 1.26. The smallest absolute Gasteiger partial charge is 0.308 e. The Balaban J connectivity index is 3.28. The van der Waals surface area contributed by atoms with Gasteiger partial charge in [0.1, 0.15) is 5.69 Å². The Morgan fingerprint density at radius 1 is 1.69 bits per heavy atom. The molecule has 0 saturated carbocycles. The van der Waals surface area contributed by atoms with Crippen LogP contribution in [0.25, 0.3) is 0 Å². The first-order valence-corrected chi connectivity index (χ1v) is 4.50. The van der Waals surface area contributed by atoms with Crippen LogP contribution in [-0.4, -0.2) is 22.9 Å². The molecule has 0 aliphatic rings. The molecule has 8 heteroatoms. The maximum absolute atomic E-state index is 10.9. The van der Waals surface area contributed by atoms with E-state index in [0.29, 0.717) is 0 Å². The molecule has 0 aromatic carbocycles. The van der Waals surface area contributed by atoms with Crippen LogP contribution in [-0.2, 0) is 4.79 Å². The van der Waals surface area contributed by atoms with Crippen LogP contribution in [0.4, 0.5) is 11.4 Å². The van der Waals surface area contributed by atoms with Crippen molar-refractivity contribution in [2.45, 2.75) is 6.92 Å². The maximum atomic E-state index is 10.9. The number of halogens is 1. The SMILES string of the molecule is COc1nc(Cl)c([N+](=O)[O-])cc1NC(C)=O. The van der Waals surface area contributed by atoms with E-state index in [2.05, 4.69) is 10.3 Å². The van der Waals surface area contributed by atoms with Crippen LogP contribution in [0.3, 0.4) is 0 Å². The summed E-state index contributed by atoms with van der Waals surface area (Å²) in [5.74, 6) is -0.373. The summed E-state index contributed by atoms with van der Waals surface area (Å²) < 4.78 is 4.83. The summed E-state index contributed by atoms with van der Waals surface area (Å²) in [4.78, 5) is 24.4. The molecule has 0 saturated heterocycles. The van der Waals surface area contributed by atoms with Crippen LogP contribution in [0.15, 0.2) is 6.07 Å². The first-order chi connectivity index (χ1) is 7.45. The fraction of sp³-hybridized carbons (Fsp3) is 0.250. The molecule has 0 atom stereocenters. The Morgan fingerprint density at radius 2 is 2.31 bits per heavy atom. The zero-order valence-corrected chi connectivity index (χ0v) is 9.24. The summed E-state index contributed by atoms with van der Waals surface area (Å²) in [5.41, 5.74) is -0.294. The molecule has 86 valence electrons. The average molecular weight is 246 g/mol. The van der Waals surface area contributed by atoms with Gasteiger partial charge in [0.05, 0.1) is 12.0 Å². The zero-order valence-electron chi connectivity index (χ0n) is 8.48. The van der Waals surface area contributed by atoms with E-state index < -0.39 is 16.5 Å². The van der Waals surface area contributed by atoms with E-state index in [1.807, 2.05) is 0 Å². The molecule has 0 aliphatic heterocycles. The molecule has 0 fully saturated rings. The highest BCUT2D eigenvalue weighted by molar-refractivity contribution is 6.31. The summed E-state index contributed by atoms with van der Waals surface area (Å²) in [6.07, 6.45) is 0. The van der Waals surface area contributed by atoms with Gasteiger partial charge in [-0.3, -0.25) is 14.9 Å². The molecule has 7 nitrogen and oxygen atoms in total. The van der Waals surface area contributed by atoms with Crippen molar-refractivity contribution in [2.24, 2.45) is 0 Å². The molecular weight excluding hydrogens is 238 g/mol. The molecule has 1 amide bonds. The first kappa shape index (κ1) is 12.2. The van der Waals surface area contributed by atoms with E-state index in [1.54, 1.807) is 0 Å². The van der Waals surface area contributed by atoms with Crippen molar-refractivity contribution < 1.29 is 14.5 Å². The quantitative estimate of drug-likeness (QED) is 0.496. The van der Waals surface area contributed by atoms with Crippen molar-refractivity contribution in [3.8, 4) is 5.88 Å². The third kappa shape index (κ3) is 2.57. The molecule has 0 radical (unpaired) electrons. The van der Waals surface area contributed by atoms with Crippen molar-refractivity contribution in [2.75, 3.05) is 12.4 Å². The molecule has 0 spiro atoms. The zero-order chi connectivity index (χ0) is 12.3. The summed E-state index contributed by atoms with van der Waals surface area (Å²) >= 11 is 5.57. The van der Waals surface area contributed by atoms with E-state index in [9.17, 15) is 14.9 Å². The minimum Gasteiger partial charge on any atom is -0.479 e. The van der Waals surface area contributed by atoms with Gasteiger partial charge in [0.2, 0.25) is 16.9 Å². The predicted octanol–water partition coefficient (Wildman–Crippen LogP) is 1.61. The highest BCUT2D eigenvalue weighted by atomic mass is 35.5. The maximum Gasteiger partial charge on any atom is 0.308 e. The monoisotopic (exact) mass is 245 g/mol. The number of nitro groups is 1. The Labute approximate surface area is 95.5 Å². The molecule has 1 N–H and O–H groups in total. The lowest BCUT2D eigenvalue weighted by molar-refractivity contribution is -0.385. The minimum atomic E-state index is -0.694. The molecule has 0 bridgehead atoms. The topological polar surface area (TPSA) is 94.4 Å². The number of carbonyl (C=O) groups excluding carboxylic acids is 1. The molecule has 16 heavy (non-hydrogen) atoms. The van der Waals surface area contributed by atoms with Crippen LogP contribution >= 0.6 is 11.6 Å². The second-order valence-corrected chi connectivity index (χ2v) is 3.15. The average Bonchev–Trinajstić information content (AvgIpc) is 2.18. The van der Waals surface area contributed by atoms with Gasteiger partial charge in [-0.05, 0) is 0 Å². The predicted molar refractivity (Wildman–Crippen MR) is 56.8 cm³/mol. The number of hydrogen-bond donors (Lipinski definition) is 1. The second kappa shape index (κ2) is 4.75.